The first kappa shape index (κ1) is 20.1. The molecule has 0 aliphatic carbocycles. The standard InChI is InChI=1S/C22H31BN4O/c1-15-10-16(2)14-27(13-15)17(3)20-11-18(23)7-8-21(20)25-22(28)24-12-19-6-5-9-26(19)4/h5-9,11,15-16H,3,10,12-14,23H2,1-2,4H3,(H2,24,25,28)/t15-,16+. The maximum atomic E-state index is 12.5. The molecular formula is C22H31BN4O. The Morgan fingerprint density at radius 3 is 2.61 bits per heavy atom. The number of hydrogen-bond donors (Lipinski definition) is 2. The minimum atomic E-state index is -0.209. The Kier molecular flexibility index (Phi) is 6.17. The highest BCUT2D eigenvalue weighted by Gasteiger charge is 2.24. The van der Waals surface area contributed by atoms with Crippen molar-refractivity contribution in [1.29, 1.82) is 0 Å². The fourth-order valence-corrected chi connectivity index (χ4v) is 4.08. The fraction of sp³-hybridized carbons (Fsp3) is 0.409. The molecule has 0 unspecified atom stereocenters. The molecule has 2 aromatic rings. The number of urea groups is 1. The van der Waals surface area contributed by atoms with E-state index in [-0.39, 0.29) is 6.03 Å². The van der Waals surface area contributed by atoms with Gasteiger partial charge in [-0.05, 0) is 36.5 Å². The lowest BCUT2D eigenvalue weighted by atomic mass is 9.89. The van der Waals surface area contributed by atoms with Crippen molar-refractivity contribution < 1.29 is 4.79 Å². The fourth-order valence-electron chi connectivity index (χ4n) is 4.08. The van der Waals surface area contributed by atoms with Crippen LogP contribution in [0.2, 0.25) is 0 Å². The molecule has 1 fully saturated rings. The molecule has 2 atom stereocenters. The van der Waals surface area contributed by atoms with Crippen molar-refractivity contribution in [1.82, 2.24) is 14.8 Å². The second kappa shape index (κ2) is 8.59. The van der Waals surface area contributed by atoms with Crippen LogP contribution in [0.5, 0.6) is 0 Å². The summed E-state index contributed by atoms with van der Waals surface area (Å²) >= 11 is 0. The molecule has 0 bridgehead atoms. The van der Waals surface area contributed by atoms with Gasteiger partial charge in [0.2, 0.25) is 0 Å². The molecular weight excluding hydrogens is 347 g/mol. The molecule has 1 aliphatic heterocycles. The SMILES string of the molecule is Bc1ccc(NC(=O)NCc2cccn2C)c(C(=C)N2C[C@H](C)C[C@H](C)C2)c1. The first-order chi connectivity index (χ1) is 13.3. The molecule has 6 heteroatoms. The average molecular weight is 378 g/mol. The van der Waals surface area contributed by atoms with E-state index in [1.165, 1.54) is 6.42 Å². The molecule has 5 nitrogen and oxygen atoms in total. The summed E-state index contributed by atoms with van der Waals surface area (Å²) < 4.78 is 2.00. The minimum Gasteiger partial charge on any atom is -0.371 e. The highest BCUT2D eigenvalue weighted by molar-refractivity contribution is 6.32. The second-order valence-corrected chi connectivity index (χ2v) is 8.26. The number of hydrogen-bond acceptors (Lipinski definition) is 2. The number of aryl methyl sites for hydroxylation is 1. The van der Waals surface area contributed by atoms with Gasteiger partial charge in [0.05, 0.1) is 12.2 Å². The number of nitrogens with one attached hydrogen (secondary N) is 2. The van der Waals surface area contributed by atoms with Crippen LogP contribution in [0, 0.1) is 11.8 Å². The normalized spacial score (nSPS) is 19.3. The van der Waals surface area contributed by atoms with Gasteiger partial charge < -0.3 is 20.1 Å². The number of anilines is 1. The average Bonchev–Trinajstić information content (AvgIpc) is 3.05. The topological polar surface area (TPSA) is 49.3 Å². The van der Waals surface area contributed by atoms with E-state index in [4.69, 9.17) is 0 Å². The van der Waals surface area contributed by atoms with Crippen molar-refractivity contribution in [3.05, 3.63) is 54.4 Å². The quantitative estimate of drug-likeness (QED) is 0.786. The third-order valence-corrected chi connectivity index (χ3v) is 5.47. The minimum absolute atomic E-state index is 0.209. The molecule has 1 aliphatic rings. The Labute approximate surface area is 169 Å². The number of rotatable bonds is 5. The summed E-state index contributed by atoms with van der Waals surface area (Å²) in [6.45, 7) is 11.5. The summed E-state index contributed by atoms with van der Waals surface area (Å²) in [5.41, 5.74) is 4.99. The van der Waals surface area contributed by atoms with E-state index in [9.17, 15) is 4.79 Å². The van der Waals surface area contributed by atoms with Crippen LogP contribution < -0.4 is 16.1 Å². The van der Waals surface area contributed by atoms with E-state index in [1.54, 1.807) is 0 Å². The number of likely N-dealkylation sites (tertiary alicyclic amines) is 1. The third-order valence-electron chi connectivity index (χ3n) is 5.47. The van der Waals surface area contributed by atoms with Gasteiger partial charge in [-0.15, -0.1) is 0 Å². The number of aromatic nitrogens is 1. The molecule has 2 N–H and O–H groups in total. The molecule has 0 spiro atoms. The monoisotopic (exact) mass is 378 g/mol. The Morgan fingerprint density at radius 1 is 1.25 bits per heavy atom. The van der Waals surface area contributed by atoms with Gasteiger partial charge in [0.25, 0.3) is 0 Å². The first-order valence-corrected chi connectivity index (χ1v) is 10.0. The summed E-state index contributed by atoms with van der Waals surface area (Å²) in [5.74, 6) is 1.30. The molecule has 1 saturated heterocycles. The molecule has 2 amide bonds. The van der Waals surface area contributed by atoms with Crippen LogP contribution in [-0.2, 0) is 13.6 Å². The van der Waals surface area contributed by atoms with E-state index in [2.05, 4.69) is 49.9 Å². The van der Waals surface area contributed by atoms with Gasteiger partial charge >= 0.3 is 6.03 Å². The van der Waals surface area contributed by atoms with Crippen LogP contribution in [0.1, 0.15) is 31.5 Å². The summed E-state index contributed by atoms with van der Waals surface area (Å²) in [5, 5.41) is 5.95. The number of nitrogens with zero attached hydrogens (tertiary/aromatic N) is 2. The Morgan fingerprint density at radius 2 is 1.96 bits per heavy atom. The van der Waals surface area contributed by atoms with Gasteiger partial charge in [0, 0.05) is 43.3 Å². The smallest absolute Gasteiger partial charge is 0.319 e. The summed E-state index contributed by atoms with van der Waals surface area (Å²) in [4.78, 5) is 14.8. The van der Waals surface area contributed by atoms with Crippen molar-refractivity contribution in [2.75, 3.05) is 18.4 Å². The lowest BCUT2D eigenvalue weighted by Crippen LogP contribution is -2.37. The number of piperidine rings is 1. The number of amides is 2. The van der Waals surface area contributed by atoms with Crippen LogP contribution in [-0.4, -0.2) is 36.4 Å². The number of carbonyl (C=O) groups is 1. The maximum absolute atomic E-state index is 12.5. The van der Waals surface area contributed by atoms with Crippen LogP contribution in [0.3, 0.4) is 0 Å². The zero-order valence-corrected chi connectivity index (χ0v) is 17.5. The third kappa shape index (κ3) is 4.80. The summed E-state index contributed by atoms with van der Waals surface area (Å²) in [6.07, 6.45) is 3.22. The lowest BCUT2D eigenvalue weighted by molar-refractivity contribution is 0.204. The van der Waals surface area contributed by atoms with E-state index in [1.807, 2.05) is 42.1 Å². The van der Waals surface area contributed by atoms with E-state index in [0.717, 1.165) is 41.2 Å². The van der Waals surface area contributed by atoms with Crippen molar-refractivity contribution in [2.24, 2.45) is 18.9 Å². The second-order valence-electron chi connectivity index (χ2n) is 8.26. The molecule has 1 aromatic heterocycles. The van der Waals surface area contributed by atoms with Crippen LogP contribution in [0.15, 0.2) is 43.1 Å². The van der Waals surface area contributed by atoms with Gasteiger partial charge in [0.15, 0.2) is 0 Å². The number of carbonyl (C=O) groups excluding carboxylic acids is 1. The van der Waals surface area contributed by atoms with Crippen LogP contribution in [0.25, 0.3) is 5.70 Å². The molecule has 28 heavy (non-hydrogen) atoms. The predicted octanol–water partition coefficient (Wildman–Crippen LogP) is 2.55. The Balaban J connectivity index is 1.72. The highest BCUT2D eigenvalue weighted by atomic mass is 16.2. The van der Waals surface area contributed by atoms with Crippen LogP contribution >= 0.6 is 0 Å². The van der Waals surface area contributed by atoms with Crippen LogP contribution in [0.4, 0.5) is 10.5 Å². The molecule has 2 heterocycles. The molecule has 1 aromatic carbocycles. The van der Waals surface area contributed by atoms with Gasteiger partial charge in [0.1, 0.15) is 7.85 Å². The predicted molar refractivity (Wildman–Crippen MR) is 119 cm³/mol. The van der Waals surface area contributed by atoms with E-state index in [0.29, 0.717) is 18.4 Å². The zero-order chi connectivity index (χ0) is 20.3. The Hall–Kier alpha value is -2.63. The van der Waals surface area contributed by atoms with Crippen molar-refractivity contribution in [2.45, 2.75) is 26.8 Å². The van der Waals surface area contributed by atoms with Crippen molar-refractivity contribution >= 4 is 30.7 Å². The molecule has 0 radical (unpaired) electrons. The van der Waals surface area contributed by atoms with Crippen molar-refractivity contribution in [3.63, 3.8) is 0 Å². The van der Waals surface area contributed by atoms with Gasteiger partial charge in [-0.1, -0.05) is 38.0 Å². The Bertz CT molecular complexity index is 850. The maximum Gasteiger partial charge on any atom is 0.319 e. The zero-order valence-electron chi connectivity index (χ0n) is 17.5. The number of benzene rings is 1. The first-order valence-electron chi connectivity index (χ1n) is 10.0. The lowest BCUT2D eigenvalue weighted by Gasteiger charge is -2.38. The molecule has 148 valence electrons. The highest BCUT2D eigenvalue weighted by Crippen LogP contribution is 2.30. The largest absolute Gasteiger partial charge is 0.371 e. The summed E-state index contributed by atoms with van der Waals surface area (Å²) in [6, 6.07) is 9.86. The summed E-state index contributed by atoms with van der Waals surface area (Å²) in [7, 11) is 4.04. The van der Waals surface area contributed by atoms with Gasteiger partial charge in [-0.3, -0.25) is 0 Å². The van der Waals surface area contributed by atoms with Gasteiger partial charge in [-0.2, -0.15) is 0 Å². The van der Waals surface area contributed by atoms with Crippen molar-refractivity contribution in [3.8, 4) is 0 Å². The van der Waals surface area contributed by atoms with E-state index < -0.39 is 0 Å². The van der Waals surface area contributed by atoms with Gasteiger partial charge in [-0.25, -0.2) is 4.79 Å². The van der Waals surface area contributed by atoms with E-state index >= 15 is 0 Å². The molecule has 0 saturated carbocycles. The molecule has 3 rings (SSSR count).